The predicted octanol–water partition coefficient (Wildman–Crippen LogP) is 14.2. The van der Waals surface area contributed by atoms with Crippen molar-refractivity contribution in [3.05, 3.63) is 175 Å². The van der Waals surface area contributed by atoms with E-state index in [9.17, 15) is 0 Å². The van der Waals surface area contributed by atoms with Gasteiger partial charge in [-0.15, -0.1) is 53.1 Å². The Kier molecular flexibility index (Phi) is 9.74. The zero-order valence-corrected chi connectivity index (χ0v) is 36.9. The molecule has 6 aromatic carbocycles. The van der Waals surface area contributed by atoms with Gasteiger partial charge in [-0.05, 0) is 57.4 Å². The molecular weight excluding hydrogens is 917 g/mol. The van der Waals surface area contributed by atoms with Crippen molar-refractivity contribution in [3.63, 3.8) is 0 Å². The van der Waals surface area contributed by atoms with Crippen LogP contribution in [0.25, 0.3) is 88.6 Å². The molecule has 0 atom stereocenters. The molecule has 10 aromatic rings. The van der Waals surface area contributed by atoms with Gasteiger partial charge in [0.15, 0.2) is 11.2 Å². The molecule has 0 fully saturated rings. The van der Waals surface area contributed by atoms with Gasteiger partial charge in [-0.2, -0.15) is 0 Å². The van der Waals surface area contributed by atoms with E-state index >= 15 is 0 Å². The van der Waals surface area contributed by atoms with Crippen LogP contribution < -0.4 is 5.19 Å². The third kappa shape index (κ3) is 7.72. The van der Waals surface area contributed by atoms with Crippen molar-refractivity contribution < 1.29 is 34.4 Å². The molecule has 0 unspecified atom stereocenters. The number of benzene rings is 6. The van der Waals surface area contributed by atoms with Gasteiger partial charge in [-0.25, -0.2) is 0 Å². The number of furan rings is 2. The summed E-state index contributed by atoms with van der Waals surface area (Å²) in [6, 6.07) is 52.3. The third-order valence-electron chi connectivity index (χ3n) is 10.6. The van der Waals surface area contributed by atoms with Crippen molar-refractivity contribution >= 4 is 57.1 Å². The Labute approximate surface area is 366 Å². The molecule has 293 valence electrons. The SMILES string of the molecule is [2H]C(C)(C)c1cc(-c2[c-]ccc(-c3ccccc3)c2)ncc1[Si](C)(C)C.[2H]C([2H])([2H])c1c[c-]c(-c2cc(-c3ccccc3)ccn2)c2oc3c(ccc4c5ccccc5oc43)c12.[Ir]. The number of aromatic nitrogens is 2. The summed E-state index contributed by atoms with van der Waals surface area (Å²) < 4.78 is 45.8. The van der Waals surface area contributed by atoms with Gasteiger partial charge in [-0.1, -0.05) is 154 Å². The Hall–Kier alpha value is -5.91. The molecule has 0 aliphatic rings. The minimum atomic E-state index is -2.34. The molecular formula is C53H44IrN2O2Si-2. The van der Waals surface area contributed by atoms with E-state index in [2.05, 4.69) is 67.1 Å². The van der Waals surface area contributed by atoms with Crippen LogP contribution in [0.3, 0.4) is 0 Å². The molecule has 0 N–H and O–H groups in total. The minimum absolute atomic E-state index is 0. The Morgan fingerprint density at radius 3 is 2.03 bits per heavy atom. The smallest absolute Gasteiger partial charge is 0.177 e. The number of pyridine rings is 2. The minimum Gasteiger partial charge on any atom is -0.497 e. The van der Waals surface area contributed by atoms with E-state index in [0.29, 0.717) is 38.8 Å². The Morgan fingerprint density at radius 1 is 0.644 bits per heavy atom. The molecule has 10 rings (SSSR count). The van der Waals surface area contributed by atoms with Crippen LogP contribution in [-0.4, -0.2) is 18.0 Å². The Bertz CT molecular complexity index is 3260. The summed E-state index contributed by atoms with van der Waals surface area (Å²) in [6.07, 6.45) is 3.74. The second-order valence-corrected chi connectivity index (χ2v) is 20.9. The molecule has 1 radical (unpaired) electrons. The van der Waals surface area contributed by atoms with E-state index in [1.807, 2.05) is 123 Å². The van der Waals surface area contributed by atoms with Crippen LogP contribution in [0.5, 0.6) is 0 Å². The topological polar surface area (TPSA) is 52.1 Å². The van der Waals surface area contributed by atoms with Crippen molar-refractivity contribution in [1.29, 1.82) is 0 Å². The molecule has 0 aliphatic carbocycles. The van der Waals surface area contributed by atoms with E-state index in [4.69, 9.17) is 19.3 Å². The standard InChI is InChI=1S/C30H18NO2.C23H26NSi.Ir/c1-18-11-12-23(25-17-20(15-16-31-25)19-7-3-2-4-8-19)28-27(18)24-14-13-22-21-9-5-6-10-26(21)32-29(22)30(24)33-28;1-17(2)21-15-22(24-16-23(21)25(3,4)5)20-13-9-12-19(14-20)18-10-7-6-8-11-18;/h2-11,13-17H,1H3;6-12,14-17H,1-5H3;/q2*-1;/i1D3;17D;. The van der Waals surface area contributed by atoms with Crippen molar-refractivity contribution in [1.82, 2.24) is 9.97 Å². The molecule has 0 saturated carbocycles. The van der Waals surface area contributed by atoms with Crippen LogP contribution in [-0.2, 0) is 20.1 Å². The number of fused-ring (bicyclic) bond motifs is 7. The molecule has 59 heavy (non-hydrogen) atoms. The molecule has 4 aromatic heterocycles. The van der Waals surface area contributed by atoms with E-state index in [-0.39, 0.29) is 25.7 Å². The van der Waals surface area contributed by atoms with E-state index in [1.54, 1.807) is 12.3 Å². The zero-order valence-electron chi connectivity index (χ0n) is 37.5. The van der Waals surface area contributed by atoms with Crippen molar-refractivity contribution in [2.45, 2.75) is 46.2 Å². The van der Waals surface area contributed by atoms with Crippen molar-refractivity contribution in [2.24, 2.45) is 0 Å². The molecule has 0 amide bonds. The van der Waals surface area contributed by atoms with Gasteiger partial charge in [0.05, 0.1) is 13.7 Å². The number of nitrogens with zero attached hydrogens (tertiary/aromatic N) is 2. The first-order valence-corrected chi connectivity index (χ1v) is 23.0. The fraction of sp³-hybridized carbons (Fsp3) is 0.132. The van der Waals surface area contributed by atoms with Crippen LogP contribution in [0, 0.1) is 19.0 Å². The van der Waals surface area contributed by atoms with E-state index in [1.165, 1.54) is 10.8 Å². The fourth-order valence-electron chi connectivity index (χ4n) is 7.67. The van der Waals surface area contributed by atoms with Gasteiger partial charge in [0.25, 0.3) is 0 Å². The number of hydrogen-bond donors (Lipinski definition) is 0. The molecule has 0 bridgehead atoms. The summed E-state index contributed by atoms with van der Waals surface area (Å²) in [5, 5.41) is 4.39. The normalized spacial score (nSPS) is 13.0. The van der Waals surface area contributed by atoms with Crippen molar-refractivity contribution in [3.8, 4) is 44.8 Å². The zero-order chi connectivity index (χ0) is 43.4. The van der Waals surface area contributed by atoms with Gasteiger partial charge in [0.2, 0.25) is 0 Å². The maximum Gasteiger partial charge on any atom is 0.177 e. The van der Waals surface area contributed by atoms with Crippen LogP contribution >= 0.6 is 0 Å². The number of aryl methyl sites for hydroxylation is 1. The predicted molar refractivity (Wildman–Crippen MR) is 244 cm³/mol. The van der Waals surface area contributed by atoms with Gasteiger partial charge >= 0.3 is 0 Å². The summed E-state index contributed by atoms with van der Waals surface area (Å²) >= 11 is 0. The molecule has 4 nitrogen and oxygen atoms in total. The fourth-order valence-corrected chi connectivity index (χ4v) is 9.25. The Morgan fingerprint density at radius 2 is 1.32 bits per heavy atom. The first kappa shape index (κ1) is 35.1. The second kappa shape index (κ2) is 16.4. The summed E-state index contributed by atoms with van der Waals surface area (Å²) in [4.78, 5) is 9.33. The first-order valence-electron chi connectivity index (χ1n) is 21.5. The molecule has 6 heteroatoms. The third-order valence-corrected chi connectivity index (χ3v) is 12.6. The van der Waals surface area contributed by atoms with Gasteiger partial charge in [0, 0.05) is 54.1 Å². The van der Waals surface area contributed by atoms with E-state index in [0.717, 1.165) is 49.9 Å². The van der Waals surface area contributed by atoms with Crippen LogP contribution in [0.15, 0.2) is 161 Å². The van der Waals surface area contributed by atoms with Crippen molar-refractivity contribution in [2.75, 3.05) is 0 Å². The quantitative estimate of drug-likeness (QED) is 0.123. The summed E-state index contributed by atoms with van der Waals surface area (Å²) in [7, 11) is -1.57. The van der Waals surface area contributed by atoms with Crippen LogP contribution in [0.1, 0.15) is 36.4 Å². The van der Waals surface area contributed by atoms with E-state index < -0.39 is 20.8 Å². The van der Waals surface area contributed by atoms with Gasteiger partial charge < -0.3 is 18.8 Å². The maximum absolute atomic E-state index is 8.61. The molecule has 4 heterocycles. The van der Waals surface area contributed by atoms with Gasteiger partial charge in [-0.3, -0.25) is 0 Å². The Balaban J connectivity index is 0.000000180. The molecule has 0 saturated heterocycles. The summed E-state index contributed by atoms with van der Waals surface area (Å²) in [5.74, 6) is -0.648. The average molecular weight is 965 g/mol. The molecule has 0 spiro atoms. The van der Waals surface area contributed by atoms with Crippen LogP contribution in [0.2, 0.25) is 19.6 Å². The summed E-state index contributed by atoms with van der Waals surface area (Å²) in [5.41, 5.74) is 11.1. The first-order chi connectivity index (χ1) is 29.6. The average Bonchev–Trinajstić information content (AvgIpc) is 3.85. The number of para-hydroxylation sites is 1. The van der Waals surface area contributed by atoms with Gasteiger partial charge in [0.1, 0.15) is 5.58 Å². The second-order valence-electron chi connectivity index (χ2n) is 15.8. The maximum atomic E-state index is 8.61. The molecule has 0 aliphatic heterocycles. The number of rotatable bonds is 6. The van der Waals surface area contributed by atoms with Crippen LogP contribution in [0.4, 0.5) is 0 Å². The monoisotopic (exact) mass is 965 g/mol. The summed E-state index contributed by atoms with van der Waals surface area (Å²) in [6.45, 7) is 8.50. The largest absolute Gasteiger partial charge is 0.497 e. The number of hydrogen-bond acceptors (Lipinski definition) is 4.